The van der Waals surface area contributed by atoms with Crippen LogP contribution in [-0.4, -0.2) is 41.9 Å². The Morgan fingerprint density at radius 2 is 1.69 bits per heavy atom. The molecule has 1 saturated heterocycles. The molecular formula is C22H25NO3. The van der Waals surface area contributed by atoms with Gasteiger partial charge in [-0.15, -0.1) is 0 Å². The summed E-state index contributed by atoms with van der Waals surface area (Å²) in [6, 6.07) is 20.8. The van der Waals surface area contributed by atoms with Crippen molar-refractivity contribution in [2.24, 2.45) is 0 Å². The maximum atomic E-state index is 10.7. The number of ether oxygens (including phenoxy) is 1. The molecule has 1 fully saturated rings. The molecule has 0 bridgehead atoms. The number of hydrogen-bond donors (Lipinski definition) is 1. The van der Waals surface area contributed by atoms with E-state index in [9.17, 15) is 4.79 Å². The lowest BCUT2D eigenvalue weighted by Gasteiger charge is -2.31. The second-order valence-electron chi connectivity index (χ2n) is 6.59. The lowest BCUT2D eigenvalue weighted by molar-refractivity contribution is 0.0140. The highest BCUT2D eigenvalue weighted by Crippen LogP contribution is 2.24. The lowest BCUT2D eigenvalue weighted by atomic mass is 9.97. The molecule has 26 heavy (non-hydrogen) atoms. The summed E-state index contributed by atoms with van der Waals surface area (Å²) in [5.41, 5.74) is 3.66. The molecular weight excluding hydrogens is 326 g/mol. The largest absolute Gasteiger partial charge is 0.506 e. The molecule has 1 atom stereocenters. The third-order valence-corrected chi connectivity index (χ3v) is 4.69. The molecule has 4 nitrogen and oxygen atoms in total. The Labute approximate surface area is 154 Å². The van der Waals surface area contributed by atoms with E-state index in [4.69, 9.17) is 9.84 Å². The van der Waals surface area contributed by atoms with E-state index >= 15 is 0 Å². The minimum absolute atomic E-state index is 0.201. The lowest BCUT2D eigenvalue weighted by Crippen LogP contribution is -2.40. The van der Waals surface area contributed by atoms with Gasteiger partial charge < -0.3 is 9.84 Å². The molecule has 3 rings (SSSR count). The van der Waals surface area contributed by atoms with E-state index in [1.807, 2.05) is 12.1 Å². The first-order chi connectivity index (χ1) is 12.7. The highest BCUT2D eigenvalue weighted by molar-refractivity contribution is 5.79. The molecule has 0 unspecified atom stereocenters. The van der Waals surface area contributed by atoms with Crippen LogP contribution >= 0.6 is 0 Å². The zero-order chi connectivity index (χ0) is 18.2. The fraction of sp³-hybridized carbons (Fsp3) is 0.318. The van der Waals surface area contributed by atoms with Crippen LogP contribution in [0.15, 0.2) is 66.7 Å². The molecule has 4 heteroatoms. The Kier molecular flexibility index (Phi) is 6.45. The monoisotopic (exact) mass is 351 g/mol. The number of nitrogens with zero attached hydrogens (tertiary/aromatic N) is 1. The van der Waals surface area contributed by atoms with E-state index in [0.29, 0.717) is 6.54 Å². The summed E-state index contributed by atoms with van der Waals surface area (Å²) < 4.78 is 4.95. The zero-order valence-corrected chi connectivity index (χ0v) is 14.9. The first kappa shape index (κ1) is 18.2. The normalized spacial score (nSPS) is 17.5. The van der Waals surface area contributed by atoms with Crippen molar-refractivity contribution < 1.29 is 14.6 Å². The minimum atomic E-state index is -1.17. The van der Waals surface area contributed by atoms with Crippen LogP contribution in [0.1, 0.15) is 30.4 Å². The van der Waals surface area contributed by atoms with Gasteiger partial charge in [0.25, 0.3) is 0 Å². The van der Waals surface area contributed by atoms with Crippen LogP contribution in [0, 0.1) is 0 Å². The average Bonchev–Trinajstić information content (AvgIpc) is 2.66. The fourth-order valence-corrected chi connectivity index (χ4v) is 3.48. The topological polar surface area (TPSA) is 49.8 Å². The summed E-state index contributed by atoms with van der Waals surface area (Å²) in [7, 11) is 0. The fourth-order valence-electron chi connectivity index (χ4n) is 3.48. The van der Waals surface area contributed by atoms with Gasteiger partial charge in [-0.1, -0.05) is 66.7 Å². The first-order valence-corrected chi connectivity index (χ1v) is 9.15. The van der Waals surface area contributed by atoms with Gasteiger partial charge in [-0.05, 0) is 42.5 Å². The molecule has 2 aromatic rings. The summed E-state index contributed by atoms with van der Waals surface area (Å²) in [6.07, 6.45) is 3.62. The van der Waals surface area contributed by atoms with Crippen molar-refractivity contribution in [3.8, 4) is 0 Å². The van der Waals surface area contributed by atoms with Gasteiger partial charge in [-0.3, -0.25) is 4.90 Å². The van der Waals surface area contributed by atoms with Gasteiger partial charge in [-0.25, -0.2) is 4.79 Å². The molecule has 1 N–H and O–H groups in total. The van der Waals surface area contributed by atoms with Crippen LogP contribution in [0.4, 0.5) is 4.79 Å². The van der Waals surface area contributed by atoms with E-state index in [0.717, 1.165) is 32.4 Å². The maximum Gasteiger partial charge on any atom is 0.506 e. The Morgan fingerprint density at radius 1 is 1.08 bits per heavy atom. The number of rotatable bonds is 6. The third-order valence-electron chi connectivity index (χ3n) is 4.69. The van der Waals surface area contributed by atoms with Crippen LogP contribution in [0.5, 0.6) is 0 Å². The number of carboxylic acid groups (broad SMARTS) is 1. The van der Waals surface area contributed by atoms with Crippen molar-refractivity contribution in [3.05, 3.63) is 77.9 Å². The summed E-state index contributed by atoms with van der Waals surface area (Å²) in [4.78, 5) is 13.0. The van der Waals surface area contributed by atoms with Gasteiger partial charge in [0, 0.05) is 13.1 Å². The van der Waals surface area contributed by atoms with Crippen molar-refractivity contribution in [1.29, 1.82) is 0 Å². The van der Waals surface area contributed by atoms with Crippen molar-refractivity contribution in [1.82, 2.24) is 4.90 Å². The maximum absolute atomic E-state index is 10.7. The quantitative estimate of drug-likeness (QED) is 0.769. The predicted molar refractivity (Wildman–Crippen MR) is 103 cm³/mol. The van der Waals surface area contributed by atoms with E-state index in [1.54, 1.807) is 0 Å². The Bertz CT molecular complexity index is 686. The van der Waals surface area contributed by atoms with E-state index in [2.05, 4.69) is 59.5 Å². The van der Waals surface area contributed by atoms with Crippen LogP contribution < -0.4 is 0 Å². The van der Waals surface area contributed by atoms with Gasteiger partial charge in [0.05, 0.1) is 0 Å². The summed E-state index contributed by atoms with van der Waals surface area (Å²) >= 11 is 0. The van der Waals surface area contributed by atoms with E-state index in [-0.39, 0.29) is 6.10 Å². The molecule has 136 valence electrons. The Balaban J connectivity index is 1.66. The van der Waals surface area contributed by atoms with Crippen LogP contribution in [0.25, 0.3) is 5.57 Å². The second kappa shape index (κ2) is 9.20. The van der Waals surface area contributed by atoms with Crippen LogP contribution in [0.2, 0.25) is 0 Å². The number of likely N-dealkylation sites (tertiary alicyclic amines) is 1. The minimum Gasteiger partial charge on any atom is -0.450 e. The third kappa shape index (κ3) is 5.20. The van der Waals surface area contributed by atoms with Crippen molar-refractivity contribution in [2.75, 3.05) is 19.6 Å². The molecule has 0 amide bonds. The van der Waals surface area contributed by atoms with Gasteiger partial charge in [0.15, 0.2) is 0 Å². The average molecular weight is 351 g/mol. The number of benzene rings is 2. The molecule has 0 spiro atoms. The van der Waals surface area contributed by atoms with Crippen molar-refractivity contribution >= 4 is 11.7 Å². The van der Waals surface area contributed by atoms with Gasteiger partial charge in [0.1, 0.15) is 6.10 Å². The molecule has 0 radical (unpaired) electrons. The van der Waals surface area contributed by atoms with E-state index < -0.39 is 6.16 Å². The summed E-state index contributed by atoms with van der Waals surface area (Å²) in [5.74, 6) is 0. The molecule has 1 aliphatic rings. The highest BCUT2D eigenvalue weighted by atomic mass is 16.7. The van der Waals surface area contributed by atoms with Gasteiger partial charge in [-0.2, -0.15) is 0 Å². The molecule has 2 aromatic carbocycles. The number of piperidine rings is 1. The van der Waals surface area contributed by atoms with Crippen molar-refractivity contribution in [2.45, 2.75) is 25.4 Å². The van der Waals surface area contributed by atoms with Crippen LogP contribution in [0.3, 0.4) is 0 Å². The molecule has 1 aliphatic heterocycles. The Morgan fingerprint density at radius 3 is 2.27 bits per heavy atom. The predicted octanol–water partition coefficient (Wildman–Crippen LogP) is 4.67. The molecule has 0 aromatic heterocycles. The SMILES string of the molecule is O=C(O)O[C@@H]1CCCN(CCC=C(c2ccccc2)c2ccccc2)C1. The van der Waals surface area contributed by atoms with Crippen molar-refractivity contribution in [3.63, 3.8) is 0 Å². The smallest absolute Gasteiger partial charge is 0.450 e. The number of carbonyl (C=O) groups is 1. The van der Waals surface area contributed by atoms with E-state index in [1.165, 1.54) is 16.7 Å². The summed E-state index contributed by atoms with van der Waals surface area (Å²) in [5, 5.41) is 8.80. The standard InChI is InChI=1S/C22H25NO3/c24-22(25)26-20-13-7-15-23(17-20)16-8-14-21(18-9-3-1-4-10-18)19-11-5-2-6-12-19/h1-6,9-12,14,20H,7-8,13,15-17H2,(H,24,25)/t20-/m1/s1. The zero-order valence-electron chi connectivity index (χ0n) is 14.9. The van der Waals surface area contributed by atoms with Gasteiger partial charge >= 0.3 is 6.16 Å². The Hall–Kier alpha value is -2.59. The van der Waals surface area contributed by atoms with Crippen LogP contribution in [-0.2, 0) is 4.74 Å². The first-order valence-electron chi connectivity index (χ1n) is 9.15. The molecule has 0 saturated carbocycles. The molecule has 1 heterocycles. The second-order valence-corrected chi connectivity index (χ2v) is 6.59. The number of hydrogen-bond acceptors (Lipinski definition) is 3. The summed E-state index contributed by atoms with van der Waals surface area (Å²) in [6.45, 7) is 2.59. The van der Waals surface area contributed by atoms with Gasteiger partial charge in [0.2, 0.25) is 0 Å². The highest BCUT2D eigenvalue weighted by Gasteiger charge is 2.22. The molecule has 0 aliphatic carbocycles.